The molecule has 0 saturated carbocycles. The van der Waals surface area contributed by atoms with Crippen molar-refractivity contribution in [3.63, 3.8) is 0 Å². The number of carboxylic acids is 1. The first kappa shape index (κ1) is 24.4. The fourth-order valence-electron chi connectivity index (χ4n) is 5.05. The van der Waals surface area contributed by atoms with Gasteiger partial charge in [0, 0.05) is 55.3 Å². The number of fused-ring (bicyclic) bond motifs is 1. The lowest BCUT2D eigenvalue weighted by molar-refractivity contribution is 0.0695. The van der Waals surface area contributed by atoms with Crippen LogP contribution in [-0.4, -0.2) is 56.8 Å². The van der Waals surface area contributed by atoms with Gasteiger partial charge in [0.25, 0.3) is 0 Å². The smallest absolute Gasteiger partial charge is 0.341 e. The number of carboxylic acid groups (broad SMARTS) is 1. The molecule has 0 amide bonds. The Morgan fingerprint density at radius 3 is 2.31 bits per heavy atom. The van der Waals surface area contributed by atoms with Crippen molar-refractivity contribution in [3.05, 3.63) is 112 Å². The van der Waals surface area contributed by atoms with Gasteiger partial charge in [-0.25, -0.2) is 13.9 Å². The molecule has 1 N–H and O–H groups in total. The largest absolute Gasteiger partial charge is 0.477 e. The molecule has 6 rings (SSSR count). The molecule has 0 radical (unpaired) electrons. The van der Waals surface area contributed by atoms with Crippen molar-refractivity contribution in [1.29, 1.82) is 0 Å². The van der Waals surface area contributed by atoms with Crippen LogP contribution in [0.15, 0.2) is 90.1 Å². The van der Waals surface area contributed by atoms with E-state index in [-0.39, 0.29) is 5.39 Å². The summed E-state index contributed by atoms with van der Waals surface area (Å²) in [6.07, 6.45) is 4.68. The Morgan fingerprint density at radius 1 is 0.923 bits per heavy atom. The Kier molecular flexibility index (Phi) is 6.28. The monoisotopic (exact) mass is 524 g/mol. The van der Waals surface area contributed by atoms with Gasteiger partial charge in [0.1, 0.15) is 11.4 Å². The second-order valence-corrected chi connectivity index (χ2v) is 9.44. The van der Waals surface area contributed by atoms with E-state index in [2.05, 4.69) is 27.3 Å². The van der Waals surface area contributed by atoms with Crippen LogP contribution in [-0.2, 0) is 6.54 Å². The van der Waals surface area contributed by atoms with Gasteiger partial charge >= 0.3 is 5.97 Å². The number of halogens is 1. The van der Waals surface area contributed by atoms with Crippen LogP contribution >= 0.6 is 0 Å². The summed E-state index contributed by atoms with van der Waals surface area (Å²) in [5.74, 6) is -1.91. The molecule has 3 heterocycles. The zero-order chi connectivity index (χ0) is 26.9. The van der Waals surface area contributed by atoms with E-state index in [0.29, 0.717) is 36.5 Å². The lowest BCUT2D eigenvalue weighted by Gasteiger charge is -2.37. The molecule has 0 unspecified atom stereocenters. The van der Waals surface area contributed by atoms with Gasteiger partial charge in [-0.3, -0.25) is 4.79 Å². The number of pyridine rings is 1. The number of piperazine rings is 1. The fourth-order valence-corrected chi connectivity index (χ4v) is 5.05. The fraction of sp³-hybridized carbons (Fsp3) is 0.172. The molecule has 3 aromatic carbocycles. The van der Waals surface area contributed by atoms with E-state index < -0.39 is 22.8 Å². The number of benzene rings is 3. The van der Waals surface area contributed by atoms with Crippen LogP contribution in [0.5, 0.6) is 0 Å². The second kappa shape index (κ2) is 10.1. The minimum Gasteiger partial charge on any atom is -0.477 e. The SMILES string of the molecule is O=C(O)c1cn(-c2ccc(Cn3ccnn3)cc2)c2cc(N3CCN(c4ccccc4)CC3)c(F)cc2c1=O. The predicted octanol–water partition coefficient (Wildman–Crippen LogP) is 3.79. The number of hydrogen-bond acceptors (Lipinski definition) is 6. The Labute approximate surface area is 222 Å². The maximum atomic E-state index is 15.4. The molecule has 2 aromatic heterocycles. The summed E-state index contributed by atoms with van der Waals surface area (Å²) in [6, 6.07) is 20.4. The van der Waals surface area contributed by atoms with Gasteiger partial charge in [-0.15, -0.1) is 5.10 Å². The number of carbonyl (C=O) groups is 1. The average molecular weight is 525 g/mol. The van der Waals surface area contributed by atoms with Gasteiger partial charge in [-0.05, 0) is 42.0 Å². The molecular weight excluding hydrogens is 499 g/mol. The van der Waals surface area contributed by atoms with Crippen molar-refractivity contribution in [1.82, 2.24) is 19.6 Å². The van der Waals surface area contributed by atoms with Crippen LogP contribution in [0, 0.1) is 5.82 Å². The summed E-state index contributed by atoms with van der Waals surface area (Å²) >= 11 is 0. The van der Waals surface area contributed by atoms with Crippen molar-refractivity contribution < 1.29 is 14.3 Å². The molecule has 0 bridgehead atoms. The average Bonchev–Trinajstić information content (AvgIpc) is 3.47. The number of aromatic carboxylic acids is 1. The van der Waals surface area contributed by atoms with Crippen molar-refractivity contribution in [3.8, 4) is 5.69 Å². The quantitative estimate of drug-likeness (QED) is 0.361. The maximum absolute atomic E-state index is 15.4. The van der Waals surface area contributed by atoms with Crippen molar-refractivity contribution in [2.24, 2.45) is 0 Å². The second-order valence-electron chi connectivity index (χ2n) is 9.44. The topological polar surface area (TPSA) is 96.5 Å². The highest BCUT2D eigenvalue weighted by Gasteiger charge is 2.23. The highest BCUT2D eigenvalue weighted by molar-refractivity contribution is 5.94. The highest BCUT2D eigenvalue weighted by atomic mass is 19.1. The summed E-state index contributed by atoms with van der Waals surface area (Å²) in [5, 5.41) is 17.5. The van der Waals surface area contributed by atoms with Crippen molar-refractivity contribution in [2.75, 3.05) is 36.0 Å². The summed E-state index contributed by atoms with van der Waals surface area (Å²) in [4.78, 5) is 29.1. The molecule has 196 valence electrons. The van der Waals surface area contributed by atoms with E-state index in [1.54, 1.807) is 27.7 Å². The molecule has 5 aromatic rings. The molecule has 1 saturated heterocycles. The van der Waals surface area contributed by atoms with Gasteiger partial charge in [0.2, 0.25) is 5.43 Å². The van der Waals surface area contributed by atoms with E-state index in [0.717, 1.165) is 24.3 Å². The van der Waals surface area contributed by atoms with Crippen LogP contribution in [0.2, 0.25) is 0 Å². The summed E-state index contributed by atoms with van der Waals surface area (Å²) in [7, 11) is 0. The number of anilines is 2. The first-order valence-electron chi connectivity index (χ1n) is 12.6. The van der Waals surface area contributed by atoms with Gasteiger partial charge in [0.05, 0.1) is 23.9 Å². The highest BCUT2D eigenvalue weighted by Crippen LogP contribution is 2.29. The lowest BCUT2D eigenvalue weighted by atomic mass is 10.1. The molecule has 0 spiro atoms. The molecule has 0 aliphatic carbocycles. The summed E-state index contributed by atoms with van der Waals surface area (Å²) < 4.78 is 18.8. The maximum Gasteiger partial charge on any atom is 0.341 e. The first-order chi connectivity index (χ1) is 19.0. The van der Waals surface area contributed by atoms with Gasteiger partial charge in [-0.2, -0.15) is 0 Å². The predicted molar refractivity (Wildman–Crippen MR) is 146 cm³/mol. The third kappa shape index (κ3) is 4.72. The number of aromatic nitrogens is 4. The minimum atomic E-state index is -1.36. The van der Waals surface area contributed by atoms with Gasteiger partial charge < -0.3 is 19.5 Å². The molecule has 1 aliphatic heterocycles. The number of hydrogen-bond donors (Lipinski definition) is 1. The van der Waals surface area contributed by atoms with Crippen LogP contribution in [0.1, 0.15) is 15.9 Å². The summed E-state index contributed by atoms with van der Waals surface area (Å²) in [5.41, 5.74) is 2.43. The molecule has 10 heteroatoms. The van der Waals surface area contributed by atoms with Crippen LogP contribution in [0.3, 0.4) is 0 Å². The Morgan fingerprint density at radius 2 is 1.64 bits per heavy atom. The molecule has 9 nitrogen and oxygen atoms in total. The van der Waals surface area contributed by atoms with Crippen molar-refractivity contribution in [2.45, 2.75) is 6.54 Å². The first-order valence-corrected chi connectivity index (χ1v) is 12.6. The lowest BCUT2D eigenvalue weighted by Crippen LogP contribution is -2.46. The van der Waals surface area contributed by atoms with Gasteiger partial charge in [0.15, 0.2) is 0 Å². The number of nitrogens with zero attached hydrogens (tertiary/aromatic N) is 6. The normalized spacial score (nSPS) is 13.7. The molecule has 1 aliphatic rings. The third-order valence-electron chi connectivity index (χ3n) is 7.08. The van der Waals surface area contributed by atoms with Gasteiger partial charge in [-0.1, -0.05) is 35.5 Å². The standard InChI is InChI=1S/C29H25FN6O3/c30-25-16-23-26(17-27(25)34-14-12-33(13-15-34)21-4-2-1-3-5-21)36(19-24(28(23)37)29(38)39)22-8-6-20(7-9-22)18-35-11-10-31-32-35/h1-11,16-17,19H,12-15,18H2,(H,38,39). The van der Waals surface area contributed by atoms with E-state index in [1.165, 1.54) is 12.3 Å². The Hall–Kier alpha value is -4.99. The van der Waals surface area contributed by atoms with Crippen LogP contribution in [0.25, 0.3) is 16.6 Å². The third-order valence-corrected chi connectivity index (χ3v) is 7.08. The van der Waals surface area contributed by atoms with Crippen LogP contribution in [0.4, 0.5) is 15.8 Å². The molecule has 0 atom stereocenters. The summed E-state index contributed by atoms with van der Waals surface area (Å²) in [6.45, 7) is 3.17. The molecule has 39 heavy (non-hydrogen) atoms. The van der Waals surface area contributed by atoms with Crippen LogP contribution < -0.4 is 15.2 Å². The Bertz CT molecular complexity index is 1690. The zero-order valence-electron chi connectivity index (χ0n) is 20.9. The Balaban J connectivity index is 1.38. The molecule has 1 fully saturated rings. The van der Waals surface area contributed by atoms with E-state index >= 15 is 4.39 Å². The zero-order valence-corrected chi connectivity index (χ0v) is 20.9. The van der Waals surface area contributed by atoms with E-state index in [9.17, 15) is 14.7 Å². The number of para-hydroxylation sites is 1. The van der Waals surface area contributed by atoms with E-state index in [1.807, 2.05) is 47.4 Å². The van der Waals surface area contributed by atoms with Crippen molar-refractivity contribution >= 4 is 28.2 Å². The molecular formula is C29H25FN6O3. The minimum absolute atomic E-state index is 0.0192. The van der Waals surface area contributed by atoms with E-state index in [4.69, 9.17) is 0 Å². The number of rotatable bonds is 6.